The Kier molecular flexibility index (Phi) is 3.51. The van der Waals surface area contributed by atoms with Crippen molar-refractivity contribution in [3.63, 3.8) is 0 Å². The molecule has 0 saturated carbocycles. The van der Waals surface area contributed by atoms with E-state index in [1.54, 1.807) is 17.2 Å². The molecule has 0 radical (unpaired) electrons. The number of aliphatic carboxylic acids is 1. The molecule has 1 fully saturated rings. The Morgan fingerprint density at radius 2 is 2.29 bits per heavy atom. The number of aromatic amines is 1. The summed E-state index contributed by atoms with van der Waals surface area (Å²) in [6.07, 6.45) is 3.07. The zero-order valence-electron chi connectivity index (χ0n) is 9.15. The zero-order valence-corrected chi connectivity index (χ0v) is 10.7. The number of nitrogens with zero attached hydrogens (tertiary/aromatic N) is 1. The molecule has 6 heteroatoms. The normalized spacial score (nSPS) is 20.3. The van der Waals surface area contributed by atoms with Gasteiger partial charge in [0.2, 0.25) is 0 Å². The molecule has 1 aromatic heterocycles. The maximum Gasteiger partial charge on any atom is 0.308 e. The van der Waals surface area contributed by atoms with E-state index in [1.165, 1.54) is 0 Å². The summed E-state index contributed by atoms with van der Waals surface area (Å²) in [5, 5.41) is 8.96. The van der Waals surface area contributed by atoms with Crippen LogP contribution in [-0.2, 0) is 4.79 Å². The van der Waals surface area contributed by atoms with Gasteiger partial charge in [-0.25, -0.2) is 0 Å². The number of halogens is 1. The molecule has 17 heavy (non-hydrogen) atoms. The number of hydrogen-bond acceptors (Lipinski definition) is 2. The summed E-state index contributed by atoms with van der Waals surface area (Å²) < 4.78 is 0.813. The lowest BCUT2D eigenvalue weighted by Crippen LogP contribution is -2.42. The summed E-state index contributed by atoms with van der Waals surface area (Å²) in [5.74, 6) is -1.40. The Morgan fingerprint density at radius 3 is 2.88 bits per heavy atom. The van der Waals surface area contributed by atoms with Crippen molar-refractivity contribution in [3.05, 3.63) is 22.4 Å². The minimum absolute atomic E-state index is 0.137. The van der Waals surface area contributed by atoms with E-state index < -0.39 is 11.9 Å². The summed E-state index contributed by atoms with van der Waals surface area (Å²) in [5.41, 5.74) is 0.489. The monoisotopic (exact) mass is 300 g/mol. The number of likely N-dealkylation sites (tertiary alicyclic amines) is 1. The van der Waals surface area contributed by atoms with Gasteiger partial charge in [-0.3, -0.25) is 9.59 Å². The number of amides is 1. The molecule has 1 aliphatic rings. The molecule has 0 aliphatic carbocycles. The molecule has 92 valence electrons. The molecule has 1 aromatic rings. The first-order valence-electron chi connectivity index (χ1n) is 5.44. The maximum atomic E-state index is 12.1. The Bertz CT molecular complexity index is 444. The van der Waals surface area contributed by atoms with Crippen molar-refractivity contribution >= 4 is 27.8 Å². The Labute approximate surface area is 107 Å². The number of hydrogen-bond donors (Lipinski definition) is 2. The molecule has 1 aliphatic heterocycles. The molecule has 0 bridgehead atoms. The van der Waals surface area contributed by atoms with Crippen molar-refractivity contribution in [2.24, 2.45) is 5.92 Å². The van der Waals surface area contributed by atoms with Gasteiger partial charge in [0.05, 0.1) is 5.92 Å². The molecule has 5 nitrogen and oxygen atoms in total. The first-order chi connectivity index (χ1) is 8.08. The number of piperidine rings is 1. The first-order valence-corrected chi connectivity index (χ1v) is 6.23. The smallest absolute Gasteiger partial charge is 0.308 e. The maximum absolute atomic E-state index is 12.1. The van der Waals surface area contributed by atoms with Gasteiger partial charge in [-0.2, -0.15) is 0 Å². The van der Waals surface area contributed by atoms with E-state index in [-0.39, 0.29) is 5.91 Å². The van der Waals surface area contributed by atoms with E-state index in [9.17, 15) is 9.59 Å². The van der Waals surface area contributed by atoms with Crippen molar-refractivity contribution in [3.8, 4) is 0 Å². The predicted molar refractivity (Wildman–Crippen MR) is 64.8 cm³/mol. The van der Waals surface area contributed by atoms with Gasteiger partial charge < -0.3 is 15.0 Å². The molecule has 1 unspecified atom stereocenters. The second kappa shape index (κ2) is 4.91. The largest absolute Gasteiger partial charge is 0.481 e. The molecular formula is C11H13BrN2O3. The summed E-state index contributed by atoms with van der Waals surface area (Å²) in [6.45, 7) is 0.921. The van der Waals surface area contributed by atoms with Gasteiger partial charge in [0.1, 0.15) is 5.69 Å². The quantitative estimate of drug-likeness (QED) is 0.873. The van der Waals surface area contributed by atoms with Gasteiger partial charge in [-0.15, -0.1) is 0 Å². The minimum atomic E-state index is -0.824. The molecule has 0 spiro atoms. The van der Waals surface area contributed by atoms with Crippen molar-refractivity contribution in [2.75, 3.05) is 13.1 Å². The Morgan fingerprint density at radius 1 is 1.53 bits per heavy atom. The molecule has 2 heterocycles. The van der Waals surface area contributed by atoms with Crippen LogP contribution < -0.4 is 0 Å². The molecule has 1 saturated heterocycles. The summed E-state index contributed by atoms with van der Waals surface area (Å²) >= 11 is 3.26. The zero-order chi connectivity index (χ0) is 12.4. The van der Waals surface area contributed by atoms with Crippen LogP contribution in [0.5, 0.6) is 0 Å². The topological polar surface area (TPSA) is 73.4 Å². The van der Waals surface area contributed by atoms with Crippen LogP contribution >= 0.6 is 15.9 Å². The number of nitrogens with one attached hydrogen (secondary N) is 1. The highest BCUT2D eigenvalue weighted by Gasteiger charge is 2.28. The lowest BCUT2D eigenvalue weighted by atomic mass is 9.98. The predicted octanol–water partition coefficient (Wildman–Crippen LogP) is 1.71. The van der Waals surface area contributed by atoms with Gasteiger partial charge in [-0.05, 0) is 34.8 Å². The van der Waals surface area contributed by atoms with Gasteiger partial charge >= 0.3 is 5.97 Å². The van der Waals surface area contributed by atoms with Crippen molar-refractivity contribution < 1.29 is 14.7 Å². The summed E-state index contributed by atoms with van der Waals surface area (Å²) in [7, 11) is 0. The van der Waals surface area contributed by atoms with Crippen molar-refractivity contribution in [2.45, 2.75) is 12.8 Å². The lowest BCUT2D eigenvalue weighted by Gasteiger charge is -2.30. The number of rotatable bonds is 2. The van der Waals surface area contributed by atoms with Crippen LogP contribution in [0.4, 0.5) is 0 Å². The van der Waals surface area contributed by atoms with Gasteiger partial charge in [-0.1, -0.05) is 0 Å². The SMILES string of the molecule is O=C(O)C1CCCN(C(=O)c2cc(Br)c[nH]2)C1. The highest BCUT2D eigenvalue weighted by molar-refractivity contribution is 9.10. The van der Waals surface area contributed by atoms with Crippen LogP contribution in [-0.4, -0.2) is 40.0 Å². The second-order valence-electron chi connectivity index (χ2n) is 4.16. The van der Waals surface area contributed by atoms with E-state index in [1.807, 2.05) is 0 Å². The number of carboxylic acids is 1. The van der Waals surface area contributed by atoms with Gasteiger partial charge in [0, 0.05) is 23.8 Å². The standard InChI is InChI=1S/C11H13BrN2O3/c12-8-4-9(13-5-8)10(15)14-3-1-2-7(6-14)11(16)17/h4-5,7,13H,1-3,6H2,(H,16,17). The minimum Gasteiger partial charge on any atom is -0.481 e. The summed E-state index contributed by atoms with van der Waals surface area (Å²) in [4.78, 5) is 27.4. The molecular weight excluding hydrogens is 288 g/mol. The Balaban J connectivity index is 2.07. The van der Waals surface area contributed by atoms with E-state index >= 15 is 0 Å². The van der Waals surface area contributed by atoms with Crippen LogP contribution in [0, 0.1) is 5.92 Å². The number of carboxylic acid groups (broad SMARTS) is 1. The average molecular weight is 301 g/mol. The summed E-state index contributed by atoms with van der Waals surface area (Å²) in [6, 6.07) is 1.70. The number of H-pyrrole nitrogens is 1. The van der Waals surface area contributed by atoms with Crippen LogP contribution in [0.1, 0.15) is 23.3 Å². The van der Waals surface area contributed by atoms with E-state index in [2.05, 4.69) is 20.9 Å². The van der Waals surface area contributed by atoms with Gasteiger partial charge in [0.25, 0.3) is 5.91 Å². The number of carbonyl (C=O) groups is 2. The number of carbonyl (C=O) groups excluding carboxylic acids is 1. The fraction of sp³-hybridized carbons (Fsp3) is 0.455. The fourth-order valence-corrected chi connectivity index (χ4v) is 2.37. The van der Waals surface area contributed by atoms with Crippen LogP contribution in [0.2, 0.25) is 0 Å². The molecule has 2 N–H and O–H groups in total. The van der Waals surface area contributed by atoms with Crippen LogP contribution in [0.3, 0.4) is 0 Å². The molecule has 0 aromatic carbocycles. The first kappa shape index (κ1) is 12.2. The lowest BCUT2D eigenvalue weighted by molar-refractivity contribution is -0.143. The van der Waals surface area contributed by atoms with Crippen LogP contribution in [0.15, 0.2) is 16.7 Å². The average Bonchev–Trinajstić information content (AvgIpc) is 2.75. The van der Waals surface area contributed by atoms with Gasteiger partial charge in [0.15, 0.2) is 0 Å². The van der Waals surface area contributed by atoms with E-state index in [0.717, 1.165) is 10.9 Å². The third-order valence-electron chi connectivity index (χ3n) is 2.94. The third kappa shape index (κ3) is 2.69. The molecule has 1 amide bonds. The molecule has 2 rings (SSSR count). The highest BCUT2D eigenvalue weighted by Crippen LogP contribution is 2.19. The fourth-order valence-electron chi connectivity index (χ4n) is 2.02. The van der Waals surface area contributed by atoms with Crippen molar-refractivity contribution in [1.82, 2.24) is 9.88 Å². The van der Waals surface area contributed by atoms with E-state index in [4.69, 9.17) is 5.11 Å². The number of aromatic nitrogens is 1. The van der Waals surface area contributed by atoms with Crippen molar-refractivity contribution in [1.29, 1.82) is 0 Å². The highest BCUT2D eigenvalue weighted by atomic mass is 79.9. The third-order valence-corrected chi connectivity index (χ3v) is 3.39. The second-order valence-corrected chi connectivity index (χ2v) is 5.08. The van der Waals surface area contributed by atoms with Crippen LogP contribution in [0.25, 0.3) is 0 Å². The molecule has 1 atom stereocenters. The Hall–Kier alpha value is -1.30. The van der Waals surface area contributed by atoms with E-state index in [0.29, 0.717) is 25.2 Å².